The Hall–Kier alpha value is -3.26. The molecule has 10 nitrogen and oxygen atoms in total. The van der Waals surface area contributed by atoms with E-state index < -0.39 is 40.0 Å². The first-order chi connectivity index (χ1) is 20.2. The third kappa shape index (κ3) is 7.83. The molecule has 1 aliphatic carbocycles. The number of primary amides is 1. The first-order valence-corrected chi connectivity index (χ1v) is 16.1. The molecule has 0 spiro atoms. The number of amides is 2. The van der Waals surface area contributed by atoms with Crippen LogP contribution in [-0.4, -0.2) is 60.4 Å². The van der Waals surface area contributed by atoms with Crippen molar-refractivity contribution in [1.29, 1.82) is 0 Å². The molecule has 3 N–H and O–H groups in total. The summed E-state index contributed by atoms with van der Waals surface area (Å²) < 4.78 is 68.7. The van der Waals surface area contributed by atoms with Crippen molar-refractivity contribution in [3.63, 3.8) is 0 Å². The molecular weight excluding hydrogens is 587 g/mol. The zero-order valence-electron chi connectivity index (χ0n) is 24.4. The van der Waals surface area contributed by atoms with Gasteiger partial charge in [0.25, 0.3) is 5.91 Å². The Kier molecular flexibility index (Phi) is 10.00. The van der Waals surface area contributed by atoms with E-state index in [1.54, 1.807) is 6.07 Å². The smallest absolute Gasteiger partial charge is 0.404 e. The van der Waals surface area contributed by atoms with Crippen molar-refractivity contribution in [3.8, 4) is 0 Å². The molecule has 2 aliphatic rings. The van der Waals surface area contributed by atoms with E-state index in [1.165, 1.54) is 31.5 Å². The first kappa shape index (κ1) is 32.6. The summed E-state index contributed by atoms with van der Waals surface area (Å²) in [4.78, 5) is 35.7. The highest BCUT2D eigenvalue weighted by molar-refractivity contribution is 7.91. The van der Waals surface area contributed by atoms with Crippen molar-refractivity contribution >= 4 is 21.8 Å². The van der Waals surface area contributed by atoms with Gasteiger partial charge in [-0.05, 0) is 61.3 Å². The van der Waals surface area contributed by atoms with E-state index in [0.29, 0.717) is 25.9 Å². The molecule has 1 fully saturated rings. The number of fused-ring (bicyclic) bond motifs is 1. The second-order valence-electron chi connectivity index (χ2n) is 11.6. The number of alkyl halides is 3. The normalized spacial score (nSPS) is 21.8. The van der Waals surface area contributed by atoms with E-state index in [0.717, 1.165) is 11.3 Å². The molecule has 2 atom stereocenters. The molecule has 236 valence electrons. The lowest BCUT2D eigenvalue weighted by Crippen LogP contribution is -2.35. The van der Waals surface area contributed by atoms with Gasteiger partial charge in [0.05, 0.1) is 39.6 Å². The molecule has 0 saturated heterocycles. The van der Waals surface area contributed by atoms with Crippen molar-refractivity contribution in [3.05, 3.63) is 53.1 Å². The number of carbonyl (C=O) groups excluding carboxylic acids is 2. The van der Waals surface area contributed by atoms with Crippen molar-refractivity contribution < 1.29 is 35.9 Å². The van der Waals surface area contributed by atoms with Gasteiger partial charge in [-0.1, -0.05) is 20.8 Å². The lowest BCUT2D eigenvalue weighted by molar-refractivity contribution is -0.184. The summed E-state index contributed by atoms with van der Waals surface area (Å²) in [5.74, 6) is -1.48. The minimum atomic E-state index is -4.14. The summed E-state index contributed by atoms with van der Waals surface area (Å²) in [6, 6.07) is 3.62. The van der Waals surface area contributed by atoms with Crippen LogP contribution in [0.1, 0.15) is 85.8 Å². The third-order valence-electron chi connectivity index (χ3n) is 8.30. The number of nitrogens with two attached hydrogens (primary N) is 1. The van der Waals surface area contributed by atoms with Crippen LogP contribution < -0.4 is 11.1 Å². The molecule has 1 saturated carbocycles. The number of aromatic nitrogens is 2. The third-order valence-corrected chi connectivity index (χ3v) is 10.0. The van der Waals surface area contributed by atoms with E-state index in [1.807, 2.05) is 0 Å². The quantitative estimate of drug-likeness (QED) is 0.386. The summed E-state index contributed by atoms with van der Waals surface area (Å²) in [5.41, 5.74) is 7.38. The van der Waals surface area contributed by atoms with Crippen LogP contribution in [0.2, 0.25) is 0 Å². The Bertz CT molecular complexity index is 1410. The molecule has 0 aromatic carbocycles. The minimum Gasteiger partial charge on any atom is -0.447 e. The van der Waals surface area contributed by atoms with Crippen LogP contribution in [0.5, 0.6) is 0 Å². The van der Waals surface area contributed by atoms with Gasteiger partial charge in [0, 0.05) is 25.5 Å². The summed E-state index contributed by atoms with van der Waals surface area (Å²) in [6.45, 7) is 6.52. The Morgan fingerprint density at radius 2 is 1.84 bits per heavy atom. The molecular formula is C29H38F3N5O5S. The van der Waals surface area contributed by atoms with Crippen LogP contribution in [0.15, 0.2) is 35.5 Å². The number of ether oxygens (including phenoxy) is 1. The number of hydrogen-bond acceptors (Lipinski definition) is 8. The lowest BCUT2D eigenvalue weighted by atomic mass is 9.81. The Morgan fingerprint density at radius 3 is 2.40 bits per heavy atom. The number of carbonyl (C=O) groups is 2. The molecule has 14 heteroatoms. The Labute approximate surface area is 249 Å². The Morgan fingerprint density at radius 1 is 1.14 bits per heavy atom. The van der Waals surface area contributed by atoms with Gasteiger partial charge in [-0.3, -0.25) is 19.7 Å². The Balaban J connectivity index is 1.48. The van der Waals surface area contributed by atoms with Gasteiger partial charge in [-0.25, -0.2) is 13.2 Å². The van der Waals surface area contributed by atoms with Crippen LogP contribution in [0.25, 0.3) is 0 Å². The molecule has 0 unspecified atom stereocenters. The van der Waals surface area contributed by atoms with E-state index in [9.17, 15) is 31.2 Å². The second kappa shape index (κ2) is 13.2. The maximum Gasteiger partial charge on any atom is 0.404 e. The standard InChI is InChI=1S/C29H38F3N5O5S/c1-4-43(40,41)22-9-10-23(34-13-22)24(16-42-28(33)39)36-27(38)19-11-20-15-37(26(17(2)3)25(20)35-12-19)14-18-5-7-21(8-6-18)29(30,31)32/h9-13,17-18,21,24,26H,4-8,14-16H2,1-3H3,(H2,33,39)(H,36,38)/t18-,21+,24-,26+/m1/s1. The first-order valence-electron chi connectivity index (χ1n) is 14.4. The predicted octanol–water partition coefficient (Wildman–Crippen LogP) is 4.72. The lowest BCUT2D eigenvalue weighted by Gasteiger charge is -2.35. The van der Waals surface area contributed by atoms with E-state index >= 15 is 0 Å². The average molecular weight is 626 g/mol. The summed E-state index contributed by atoms with van der Waals surface area (Å²) >= 11 is 0. The highest BCUT2D eigenvalue weighted by Crippen LogP contribution is 2.43. The van der Waals surface area contributed by atoms with Gasteiger partial charge in [-0.15, -0.1) is 0 Å². The van der Waals surface area contributed by atoms with E-state index in [-0.39, 0.29) is 59.2 Å². The van der Waals surface area contributed by atoms with Crippen LogP contribution in [-0.2, 0) is 21.1 Å². The fraction of sp³-hybridized carbons (Fsp3) is 0.586. The van der Waals surface area contributed by atoms with Crippen molar-refractivity contribution in [1.82, 2.24) is 20.2 Å². The van der Waals surface area contributed by atoms with Crippen molar-refractivity contribution in [2.24, 2.45) is 23.5 Å². The topological polar surface area (TPSA) is 145 Å². The minimum absolute atomic E-state index is 0.0220. The second-order valence-corrected chi connectivity index (χ2v) is 13.9. The number of pyridine rings is 2. The van der Waals surface area contributed by atoms with Gasteiger partial charge in [0.2, 0.25) is 0 Å². The summed E-state index contributed by atoms with van der Waals surface area (Å²) in [5, 5.41) is 2.77. The van der Waals surface area contributed by atoms with E-state index in [2.05, 4.69) is 34.0 Å². The number of hydrogen-bond donors (Lipinski definition) is 2. The predicted molar refractivity (Wildman–Crippen MR) is 151 cm³/mol. The van der Waals surface area contributed by atoms with Crippen molar-refractivity contribution in [2.75, 3.05) is 18.9 Å². The molecule has 0 radical (unpaired) electrons. The monoisotopic (exact) mass is 625 g/mol. The maximum absolute atomic E-state index is 13.3. The number of nitrogens with zero attached hydrogens (tertiary/aromatic N) is 3. The largest absolute Gasteiger partial charge is 0.447 e. The highest BCUT2D eigenvalue weighted by atomic mass is 32.2. The maximum atomic E-state index is 13.3. The van der Waals surface area contributed by atoms with Gasteiger partial charge >= 0.3 is 12.3 Å². The zero-order valence-corrected chi connectivity index (χ0v) is 25.2. The van der Waals surface area contributed by atoms with Crippen LogP contribution in [0.4, 0.5) is 18.0 Å². The molecule has 2 amide bonds. The molecule has 4 rings (SSSR count). The average Bonchev–Trinajstić information content (AvgIpc) is 3.32. The van der Waals surface area contributed by atoms with Gasteiger partial charge < -0.3 is 15.8 Å². The van der Waals surface area contributed by atoms with Gasteiger partial charge in [0.15, 0.2) is 9.84 Å². The van der Waals surface area contributed by atoms with Crippen LogP contribution in [0, 0.1) is 17.8 Å². The number of rotatable bonds is 10. The number of sulfone groups is 1. The summed E-state index contributed by atoms with van der Waals surface area (Å²) in [6.07, 6.45) is -1.18. The SMILES string of the molecule is CCS(=O)(=O)c1ccc([C@@H](COC(N)=O)NC(=O)c2cnc3c(c2)CN(C[C@H]2CC[C@@H](C(F)(F)F)CC2)[C@H]3C(C)C)nc1. The van der Waals surface area contributed by atoms with Gasteiger partial charge in [-0.2, -0.15) is 13.2 Å². The molecule has 2 aromatic rings. The molecule has 2 aromatic heterocycles. The van der Waals surface area contributed by atoms with Crippen LogP contribution in [0.3, 0.4) is 0 Å². The van der Waals surface area contributed by atoms with Crippen LogP contribution >= 0.6 is 0 Å². The zero-order chi connectivity index (χ0) is 31.5. The molecule has 3 heterocycles. The molecule has 1 aliphatic heterocycles. The van der Waals surface area contributed by atoms with Crippen molar-refractivity contribution in [2.45, 2.75) is 76.2 Å². The fourth-order valence-electron chi connectivity index (χ4n) is 6.00. The highest BCUT2D eigenvalue weighted by Gasteiger charge is 2.42. The van der Waals surface area contributed by atoms with Gasteiger partial charge in [0.1, 0.15) is 12.6 Å². The molecule has 0 bridgehead atoms. The van der Waals surface area contributed by atoms with E-state index in [4.69, 9.17) is 10.5 Å². The number of nitrogens with one attached hydrogen (secondary N) is 1. The summed E-state index contributed by atoms with van der Waals surface area (Å²) in [7, 11) is -3.48. The molecule has 43 heavy (non-hydrogen) atoms. The number of halogens is 3. The fourth-order valence-corrected chi connectivity index (χ4v) is 6.83.